The van der Waals surface area contributed by atoms with Crippen LogP contribution < -0.4 is 0 Å². The van der Waals surface area contributed by atoms with Crippen molar-refractivity contribution in [1.29, 1.82) is 0 Å². The summed E-state index contributed by atoms with van der Waals surface area (Å²) >= 11 is 0. The minimum Gasteiger partial charge on any atom is -0.481 e. The number of carboxylic acids is 1. The van der Waals surface area contributed by atoms with E-state index in [1.54, 1.807) is 18.2 Å². The molecular weight excluding hydrogens is 190 g/mol. The Labute approximate surface area is 79.5 Å². The number of rotatable bonds is 3. The predicted octanol–water partition coefficient (Wildman–Crippen LogP) is 2.77. The molecule has 0 saturated heterocycles. The molecule has 0 spiro atoms. The highest BCUT2D eigenvalue weighted by Gasteiger charge is 2.12. The number of benzene rings is 1. The maximum Gasteiger partial charge on any atom is 0.308 e. The molecule has 2 nitrogen and oxygen atoms in total. The van der Waals surface area contributed by atoms with Crippen molar-refractivity contribution in [1.82, 2.24) is 0 Å². The molecule has 0 amide bonds. The molecule has 0 heterocycles. The van der Waals surface area contributed by atoms with Crippen LogP contribution in [0.3, 0.4) is 0 Å². The molecule has 14 heavy (non-hydrogen) atoms. The van der Waals surface area contributed by atoms with Crippen molar-refractivity contribution >= 4 is 11.5 Å². The van der Waals surface area contributed by atoms with Gasteiger partial charge in [-0.15, -0.1) is 0 Å². The Hall–Kier alpha value is -1.71. The van der Waals surface area contributed by atoms with Crippen LogP contribution in [0.2, 0.25) is 0 Å². The van der Waals surface area contributed by atoms with Gasteiger partial charge in [0.1, 0.15) is 0 Å². The molecule has 0 fully saturated rings. The summed E-state index contributed by atoms with van der Waals surface area (Å²) in [6, 6.07) is 7.76. The Kier molecular flexibility index (Phi) is 3.34. The van der Waals surface area contributed by atoms with E-state index in [-0.39, 0.29) is 5.56 Å². The Balaban J connectivity index is 3.03. The van der Waals surface area contributed by atoms with E-state index in [9.17, 15) is 13.6 Å². The van der Waals surface area contributed by atoms with Crippen LogP contribution in [0, 0.1) is 0 Å². The molecule has 0 atom stereocenters. The van der Waals surface area contributed by atoms with Gasteiger partial charge in [-0.25, -0.2) is 0 Å². The van der Waals surface area contributed by atoms with Gasteiger partial charge in [0.25, 0.3) is 6.08 Å². The average molecular weight is 198 g/mol. The van der Waals surface area contributed by atoms with Crippen molar-refractivity contribution < 1.29 is 18.7 Å². The van der Waals surface area contributed by atoms with Crippen LogP contribution in [-0.2, 0) is 4.79 Å². The van der Waals surface area contributed by atoms with Crippen LogP contribution in [0.1, 0.15) is 12.0 Å². The van der Waals surface area contributed by atoms with E-state index < -0.39 is 24.0 Å². The quantitative estimate of drug-likeness (QED) is 0.810. The zero-order chi connectivity index (χ0) is 10.6. The summed E-state index contributed by atoms with van der Waals surface area (Å²) < 4.78 is 24.7. The van der Waals surface area contributed by atoms with Crippen molar-refractivity contribution in [3.63, 3.8) is 0 Å². The van der Waals surface area contributed by atoms with Gasteiger partial charge < -0.3 is 5.11 Å². The van der Waals surface area contributed by atoms with E-state index in [1.165, 1.54) is 12.1 Å². The van der Waals surface area contributed by atoms with E-state index >= 15 is 0 Å². The average Bonchev–Trinajstić information content (AvgIpc) is 2.15. The molecule has 0 saturated carbocycles. The molecule has 0 aliphatic carbocycles. The molecule has 0 aliphatic rings. The highest BCUT2D eigenvalue weighted by molar-refractivity contribution is 5.84. The van der Waals surface area contributed by atoms with Gasteiger partial charge in [0, 0.05) is 5.57 Å². The van der Waals surface area contributed by atoms with Crippen molar-refractivity contribution in [3.8, 4) is 0 Å². The van der Waals surface area contributed by atoms with Gasteiger partial charge in [-0.2, -0.15) is 8.78 Å². The summed E-state index contributed by atoms with van der Waals surface area (Å²) in [7, 11) is 0. The zero-order valence-corrected chi connectivity index (χ0v) is 7.21. The summed E-state index contributed by atoms with van der Waals surface area (Å²) in [5.74, 6) is -1.27. The molecule has 0 radical (unpaired) electrons. The molecule has 1 aromatic rings. The molecule has 1 N–H and O–H groups in total. The van der Waals surface area contributed by atoms with Gasteiger partial charge in [0.15, 0.2) is 0 Å². The number of aliphatic carboxylic acids is 1. The highest BCUT2D eigenvalue weighted by Crippen LogP contribution is 2.23. The predicted molar refractivity (Wildman–Crippen MR) is 47.8 cm³/mol. The van der Waals surface area contributed by atoms with Crippen molar-refractivity contribution in [2.24, 2.45) is 0 Å². The van der Waals surface area contributed by atoms with E-state index in [4.69, 9.17) is 5.11 Å². The largest absolute Gasteiger partial charge is 0.481 e. The molecule has 1 rings (SSSR count). The van der Waals surface area contributed by atoms with Crippen molar-refractivity contribution in [2.75, 3.05) is 0 Å². The second-order valence-corrected chi connectivity index (χ2v) is 2.68. The van der Waals surface area contributed by atoms with Crippen LogP contribution in [-0.4, -0.2) is 11.1 Å². The standard InChI is InChI=1S/C10H8F2O2/c11-10(12)8(6-9(13)14)7-4-2-1-3-5-7/h1-5H,6H2,(H,13,14). The first kappa shape index (κ1) is 10.4. The number of halogens is 2. The third-order valence-corrected chi connectivity index (χ3v) is 1.68. The molecule has 74 valence electrons. The highest BCUT2D eigenvalue weighted by atomic mass is 19.3. The maximum absolute atomic E-state index is 12.4. The van der Waals surface area contributed by atoms with Crippen molar-refractivity contribution in [2.45, 2.75) is 6.42 Å². The van der Waals surface area contributed by atoms with E-state index in [0.717, 1.165) is 0 Å². The third-order valence-electron chi connectivity index (χ3n) is 1.68. The van der Waals surface area contributed by atoms with Gasteiger partial charge in [0.2, 0.25) is 0 Å². The van der Waals surface area contributed by atoms with Gasteiger partial charge in [-0.3, -0.25) is 4.79 Å². The first-order chi connectivity index (χ1) is 6.61. The monoisotopic (exact) mass is 198 g/mol. The zero-order valence-electron chi connectivity index (χ0n) is 7.21. The molecule has 1 aromatic carbocycles. The number of hydrogen-bond acceptors (Lipinski definition) is 1. The second kappa shape index (κ2) is 4.50. The van der Waals surface area contributed by atoms with Crippen LogP contribution in [0.15, 0.2) is 36.4 Å². The summed E-state index contributed by atoms with van der Waals surface area (Å²) in [6.45, 7) is 0. The van der Waals surface area contributed by atoms with Gasteiger partial charge >= 0.3 is 5.97 Å². The summed E-state index contributed by atoms with van der Waals surface area (Å²) in [6.07, 6.45) is -2.61. The first-order valence-corrected chi connectivity index (χ1v) is 3.92. The lowest BCUT2D eigenvalue weighted by Gasteiger charge is -2.02. The lowest BCUT2D eigenvalue weighted by Crippen LogP contribution is -1.97. The lowest BCUT2D eigenvalue weighted by molar-refractivity contribution is -0.135. The first-order valence-electron chi connectivity index (χ1n) is 3.92. The SMILES string of the molecule is O=C(O)CC(=C(F)F)c1ccccc1. The molecular formula is C10H8F2O2. The Bertz CT molecular complexity index is 354. The van der Waals surface area contributed by atoms with Crippen LogP contribution in [0.4, 0.5) is 8.78 Å². The Morgan fingerprint density at radius 1 is 1.21 bits per heavy atom. The maximum atomic E-state index is 12.4. The van der Waals surface area contributed by atoms with E-state index in [2.05, 4.69) is 0 Å². The van der Waals surface area contributed by atoms with Gasteiger partial charge in [-0.05, 0) is 5.56 Å². The second-order valence-electron chi connectivity index (χ2n) is 2.68. The molecule has 0 unspecified atom stereocenters. The number of hydrogen-bond donors (Lipinski definition) is 1. The molecule has 0 bridgehead atoms. The normalized spacial score (nSPS) is 9.57. The fourth-order valence-corrected chi connectivity index (χ4v) is 1.07. The number of carboxylic acid groups (broad SMARTS) is 1. The minimum absolute atomic E-state index is 0.245. The fraction of sp³-hybridized carbons (Fsp3) is 0.100. The topological polar surface area (TPSA) is 37.3 Å². The van der Waals surface area contributed by atoms with E-state index in [1.807, 2.05) is 0 Å². The van der Waals surface area contributed by atoms with Gasteiger partial charge in [-0.1, -0.05) is 30.3 Å². The number of carbonyl (C=O) groups is 1. The van der Waals surface area contributed by atoms with E-state index in [0.29, 0.717) is 0 Å². The lowest BCUT2D eigenvalue weighted by atomic mass is 10.0. The molecule has 4 heteroatoms. The van der Waals surface area contributed by atoms with Crippen molar-refractivity contribution in [3.05, 3.63) is 42.0 Å². The smallest absolute Gasteiger partial charge is 0.308 e. The third kappa shape index (κ3) is 2.65. The molecule has 0 aliphatic heterocycles. The Morgan fingerprint density at radius 2 is 1.79 bits per heavy atom. The summed E-state index contributed by atoms with van der Waals surface area (Å²) in [5, 5.41) is 8.43. The Morgan fingerprint density at radius 3 is 2.21 bits per heavy atom. The minimum atomic E-state index is -1.95. The van der Waals surface area contributed by atoms with Crippen LogP contribution >= 0.6 is 0 Å². The van der Waals surface area contributed by atoms with Crippen LogP contribution in [0.25, 0.3) is 5.57 Å². The van der Waals surface area contributed by atoms with Crippen LogP contribution in [0.5, 0.6) is 0 Å². The summed E-state index contributed by atoms with van der Waals surface area (Å²) in [4.78, 5) is 10.3. The fourth-order valence-electron chi connectivity index (χ4n) is 1.07. The molecule has 0 aromatic heterocycles. The van der Waals surface area contributed by atoms with Gasteiger partial charge in [0.05, 0.1) is 6.42 Å². The summed E-state index contributed by atoms with van der Waals surface area (Å²) in [5.41, 5.74) is -0.187.